The molecule has 2 amide bonds. The second kappa shape index (κ2) is 8.46. The number of methoxy groups -OCH3 is 1. The number of anilines is 2. The Labute approximate surface area is 177 Å². The van der Waals surface area contributed by atoms with Crippen molar-refractivity contribution in [3.8, 4) is 0 Å². The van der Waals surface area contributed by atoms with Crippen LogP contribution in [0.2, 0.25) is 0 Å². The first-order valence-corrected chi connectivity index (χ1v) is 10.2. The number of thiazole rings is 1. The molecule has 152 valence electrons. The van der Waals surface area contributed by atoms with Gasteiger partial charge in [-0.1, -0.05) is 18.2 Å². The van der Waals surface area contributed by atoms with E-state index in [9.17, 15) is 14.4 Å². The summed E-state index contributed by atoms with van der Waals surface area (Å²) in [6.07, 6.45) is 1.42. The zero-order valence-electron chi connectivity index (χ0n) is 16.2. The van der Waals surface area contributed by atoms with E-state index in [-0.39, 0.29) is 17.7 Å². The summed E-state index contributed by atoms with van der Waals surface area (Å²) in [7, 11) is 1.32. The topological polar surface area (TPSA) is 97.4 Å². The third kappa shape index (κ3) is 4.08. The molecular weight excluding hydrogens is 402 g/mol. The van der Waals surface area contributed by atoms with E-state index < -0.39 is 5.97 Å². The molecule has 3 aromatic rings. The van der Waals surface area contributed by atoms with Crippen LogP contribution in [0.1, 0.15) is 43.6 Å². The van der Waals surface area contributed by atoms with E-state index in [4.69, 9.17) is 0 Å². The summed E-state index contributed by atoms with van der Waals surface area (Å²) in [6, 6.07) is 15.4. The van der Waals surface area contributed by atoms with Gasteiger partial charge in [0.2, 0.25) is 5.91 Å². The van der Waals surface area contributed by atoms with Gasteiger partial charge in [-0.3, -0.25) is 14.9 Å². The van der Waals surface area contributed by atoms with Crippen molar-refractivity contribution < 1.29 is 19.1 Å². The number of nitrogens with zero attached hydrogens (tertiary/aromatic N) is 1. The minimum atomic E-state index is -0.430. The molecule has 0 saturated heterocycles. The highest BCUT2D eigenvalue weighted by atomic mass is 32.1. The molecule has 1 atom stereocenters. The Balaban J connectivity index is 1.43. The molecular formula is C22H19N3O4S. The maximum atomic E-state index is 12.8. The molecule has 0 bridgehead atoms. The molecule has 1 aliphatic rings. The third-order valence-electron chi connectivity index (χ3n) is 4.86. The molecule has 30 heavy (non-hydrogen) atoms. The fourth-order valence-corrected chi connectivity index (χ4v) is 4.36. The number of esters is 1. The maximum Gasteiger partial charge on any atom is 0.337 e. The number of fused-ring (bicyclic) bond motifs is 1. The molecule has 0 fully saturated rings. The van der Waals surface area contributed by atoms with Crippen LogP contribution in [0, 0.1) is 0 Å². The van der Waals surface area contributed by atoms with Crippen LogP contribution in [0.25, 0.3) is 0 Å². The van der Waals surface area contributed by atoms with E-state index in [0.717, 1.165) is 11.3 Å². The SMILES string of the molecule is COC(=O)c1ccc(NC(=O)[C@@H]2CCc3sc(NC(=O)c4ccccc4)nc32)cc1. The monoisotopic (exact) mass is 421 g/mol. The molecule has 0 aliphatic heterocycles. The average molecular weight is 421 g/mol. The van der Waals surface area contributed by atoms with Crippen LogP contribution in [-0.2, 0) is 16.0 Å². The predicted molar refractivity (Wildman–Crippen MR) is 114 cm³/mol. The van der Waals surface area contributed by atoms with Crippen molar-refractivity contribution in [2.45, 2.75) is 18.8 Å². The van der Waals surface area contributed by atoms with Crippen LogP contribution < -0.4 is 10.6 Å². The van der Waals surface area contributed by atoms with Crippen molar-refractivity contribution in [1.29, 1.82) is 0 Å². The van der Waals surface area contributed by atoms with Crippen molar-refractivity contribution >= 4 is 39.9 Å². The first kappa shape index (κ1) is 19.8. The number of aromatic nitrogens is 1. The summed E-state index contributed by atoms with van der Waals surface area (Å²) in [6.45, 7) is 0. The molecule has 1 aromatic heterocycles. The summed E-state index contributed by atoms with van der Waals surface area (Å²) in [5, 5.41) is 6.18. The Kier molecular flexibility index (Phi) is 5.58. The second-order valence-electron chi connectivity index (χ2n) is 6.80. The van der Waals surface area contributed by atoms with Crippen LogP contribution in [0.15, 0.2) is 54.6 Å². The number of carbonyl (C=O) groups excluding carboxylic acids is 3. The van der Waals surface area contributed by atoms with Gasteiger partial charge in [-0.2, -0.15) is 0 Å². The number of carbonyl (C=O) groups is 3. The largest absolute Gasteiger partial charge is 0.465 e. The van der Waals surface area contributed by atoms with E-state index in [1.165, 1.54) is 18.4 Å². The van der Waals surface area contributed by atoms with Gasteiger partial charge in [-0.15, -0.1) is 11.3 Å². The molecule has 0 radical (unpaired) electrons. The second-order valence-corrected chi connectivity index (χ2v) is 7.88. The van der Waals surface area contributed by atoms with Gasteiger partial charge in [0, 0.05) is 16.1 Å². The fraction of sp³-hybridized carbons (Fsp3) is 0.182. The summed E-state index contributed by atoms with van der Waals surface area (Å²) >= 11 is 1.41. The lowest BCUT2D eigenvalue weighted by molar-refractivity contribution is -0.117. The number of nitrogens with one attached hydrogen (secondary N) is 2. The standard InChI is InChI=1S/C22H19N3O4S/c1-29-21(28)14-7-9-15(10-8-14)23-20(27)16-11-12-17-18(16)24-22(30-17)25-19(26)13-5-3-2-4-6-13/h2-10,16H,11-12H2,1H3,(H,23,27)(H,24,25,26)/t16-/m1/s1. The first-order chi connectivity index (χ1) is 14.5. The molecule has 0 saturated carbocycles. The Morgan fingerprint density at radius 3 is 2.43 bits per heavy atom. The van der Waals surface area contributed by atoms with Gasteiger partial charge in [0.25, 0.3) is 5.91 Å². The Bertz CT molecular complexity index is 1090. The lowest BCUT2D eigenvalue weighted by atomic mass is 10.1. The number of benzene rings is 2. The van der Waals surface area contributed by atoms with Crippen LogP contribution in [0.4, 0.5) is 10.8 Å². The molecule has 1 heterocycles. The van der Waals surface area contributed by atoms with Gasteiger partial charge in [0.15, 0.2) is 5.13 Å². The van der Waals surface area contributed by atoms with Crippen molar-refractivity contribution in [1.82, 2.24) is 4.98 Å². The molecule has 1 aliphatic carbocycles. The summed E-state index contributed by atoms with van der Waals surface area (Å²) in [5.41, 5.74) is 2.27. The van der Waals surface area contributed by atoms with E-state index in [1.54, 1.807) is 48.5 Å². The number of ether oxygens (including phenoxy) is 1. The number of aryl methyl sites for hydroxylation is 1. The Morgan fingerprint density at radius 1 is 1.00 bits per heavy atom. The molecule has 2 N–H and O–H groups in total. The van der Waals surface area contributed by atoms with E-state index in [1.807, 2.05) is 6.07 Å². The number of rotatable bonds is 5. The number of amides is 2. The van der Waals surface area contributed by atoms with Crippen molar-refractivity contribution in [2.75, 3.05) is 17.7 Å². The van der Waals surface area contributed by atoms with Crippen molar-refractivity contribution in [3.63, 3.8) is 0 Å². The van der Waals surface area contributed by atoms with Gasteiger partial charge >= 0.3 is 5.97 Å². The third-order valence-corrected chi connectivity index (χ3v) is 5.91. The molecule has 2 aromatic carbocycles. The van der Waals surface area contributed by atoms with Crippen LogP contribution in [-0.4, -0.2) is 29.9 Å². The van der Waals surface area contributed by atoms with Crippen molar-refractivity contribution in [2.24, 2.45) is 0 Å². The van der Waals surface area contributed by atoms with E-state index in [2.05, 4.69) is 20.4 Å². The smallest absolute Gasteiger partial charge is 0.337 e. The molecule has 8 heteroatoms. The maximum absolute atomic E-state index is 12.8. The van der Waals surface area contributed by atoms with Crippen molar-refractivity contribution in [3.05, 3.63) is 76.3 Å². The van der Waals surface area contributed by atoms with E-state index >= 15 is 0 Å². The van der Waals surface area contributed by atoms with Gasteiger partial charge in [-0.25, -0.2) is 9.78 Å². The quantitative estimate of drug-likeness (QED) is 0.610. The van der Waals surface area contributed by atoms with Crippen LogP contribution in [0.5, 0.6) is 0 Å². The van der Waals surface area contributed by atoms with Gasteiger partial charge < -0.3 is 10.1 Å². The van der Waals surface area contributed by atoms with E-state index in [0.29, 0.717) is 34.1 Å². The first-order valence-electron chi connectivity index (χ1n) is 9.40. The molecule has 4 rings (SSSR count). The molecule has 7 nitrogen and oxygen atoms in total. The highest BCUT2D eigenvalue weighted by Crippen LogP contribution is 2.39. The highest BCUT2D eigenvalue weighted by molar-refractivity contribution is 7.16. The lowest BCUT2D eigenvalue weighted by Gasteiger charge is -2.11. The normalized spacial score (nSPS) is 14.6. The Morgan fingerprint density at radius 2 is 1.73 bits per heavy atom. The highest BCUT2D eigenvalue weighted by Gasteiger charge is 2.33. The summed E-state index contributed by atoms with van der Waals surface area (Å²) in [5.74, 6) is -1.19. The van der Waals surface area contributed by atoms with Gasteiger partial charge in [-0.05, 0) is 49.2 Å². The molecule has 0 unspecified atom stereocenters. The summed E-state index contributed by atoms with van der Waals surface area (Å²) < 4.78 is 4.67. The lowest BCUT2D eigenvalue weighted by Crippen LogP contribution is -2.20. The molecule has 0 spiro atoms. The minimum Gasteiger partial charge on any atom is -0.465 e. The number of hydrogen-bond acceptors (Lipinski definition) is 6. The zero-order valence-corrected chi connectivity index (χ0v) is 17.0. The van der Waals surface area contributed by atoms with Gasteiger partial charge in [0.05, 0.1) is 24.3 Å². The Hall–Kier alpha value is -3.52. The van der Waals surface area contributed by atoms with Crippen LogP contribution in [0.3, 0.4) is 0 Å². The summed E-state index contributed by atoms with van der Waals surface area (Å²) in [4.78, 5) is 42.2. The number of hydrogen-bond donors (Lipinski definition) is 2. The minimum absolute atomic E-state index is 0.161. The predicted octanol–water partition coefficient (Wildman–Crippen LogP) is 3.85. The zero-order chi connectivity index (χ0) is 21.1. The van der Waals surface area contributed by atoms with Crippen LogP contribution >= 0.6 is 11.3 Å². The fourth-order valence-electron chi connectivity index (χ4n) is 3.33. The van der Waals surface area contributed by atoms with Gasteiger partial charge in [0.1, 0.15) is 0 Å². The average Bonchev–Trinajstić information content (AvgIpc) is 3.34.